The molecular weight excluding hydrogens is 649 g/mol. The lowest BCUT2D eigenvalue weighted by molar-refractivity contribution is -0.128. The number of likely N-dealkylation sites (tertiary alicyclic amines) is 1. The number of piperidine rings is 1. The summed E-state index contributed by atoms with van der Waals surface area (Å²) in [5, 5.41) is 26.5. The molecule has 2 aromatic heterocycles. The van der Waals surface area contributed by atoms with Crippen LogP contribution < -0.4 is 10.2 Å². The van der Waals surface area contributed by atoms with Crippen molar-refractivity contribution in [1.29, 1.82) is 0 Å². The molecule has 2 fully saturated rings. The molecule has 6 rings (SSSR count). The van der Waals surface area contributed by atoms with Gasteiger partial charge in [0.1, 0.15) is 28.6 Å². The Morgan fingerprint density at radius 3 is 2.72 bits per heavy atom. The van der Waals surface area contributed by atoms with Gasteiger partial charge in [-0.3, -0.25) is 14.5 Å². The average Bonchev–Trinajstić information content (AvgIpc) is 3.71. The number of amides is 1. The number of rotatable bonds is 10. The molecule has 10 nitrogen and oxygen atoms in total. The highest BCUT2D eigenvalue weighted by Crippen LogP contribution is 2.33. The Balaban J connectivity index is 1.01. The van der Waals surface area contributed by atoms with E-state index in [9.17, 15) is 24.2 Å². The summed E-state index contributed by atoms with van der Waals surface area (Å²) in [5.74, 6) is -1.07. The molecule has 4 aromatic rings. The summed E-state index contributed by atoms with van der Waals surface area (Å²) in [6, 6.07) is 5.75. The Kier molecular flexibility index (Phi) is 10.1. The number of phenols is 1. The van der Waals surface area contributed by atoms with Crippen LogP contribution in [0.25, 0.3) is 10.2 Å². The summed E-state index contributed by atoms with van der Waals surface area (Å²) in [5.41, 5.74) is 1.19. The summed E-state index contributed by atoms with van der Waals surface area (Å²) in [6.07, 6.45) is 0.482. The molecule has 2 aliphatic rings. The van der Waals surface area contributed by atoms with E-state index in [2.05, 4.69) is 34.0 Å². The number of nitrogens with one attached hydrogen (secondary N) is 2. The maximum atomic E-state index is 15.6. The van der Waals surface area contributed by atoms with Crippen LogP contribution in [0.3, 0.4) is 0 Å². The SMILES string of the molecule is CC(C)c1nc(C(=O)N2CCOC3(CCN(Cc4ccc(F)c(CCNCC(O)c5ccc(O)c6[nH]c(=O)sc56)c4F)CC3)C2)cs1. The fraction of sp³-hybridized carbons (Fsp3) is 0.485. The summed E-state index contributed by atoms with van der Waals surface area (Å²) >= 11 is 2.41. The molecule has 2 saturated heterocycles. The standard InChI is InChI=1S/C33H39F2N5O5S2/c1-19(2)30-37-24(17-46-30)31(43)40-13-14-45-33(18-40)8-11-39(12-9-33)16-20-3-5-23(34)21(27(20)35)7-10-36-15-26(42)22-4-6-25(41)28-29(22)47-32(44)38-28/h3-6,17,19,26,36,41-42H,7-16,18H2,1-2H3,(H,38,44). The Bertz CT molecular complexity index is 1800. The van der Waals surface area contributed by atoms with Crippen molar-refractivity contribution >= 4 is 38.8 Å². The maximum absolute atomic E-state index is 15.6. The summed E-state index contributed by atoms with van der Waals surface area (Å²) in [7, 11) is 0. The smallest absolute Gasteiger partial charge is 0.305 e. The third-order valence-corrected chi connectivity index (χ3v) is 11.1. The van der Waals surface area contributed by atoms with Crippen LogP contribution in [-0.4, -0.2) is 87.4 Å². The van der Waals surface area contributed by atoms with Gasteiger partial charge in [0.15, 0.2) is 0 Å². The van der Waals surface area contributed by atoms with Gasteiger partial charge in [0.2, 0.25) is 0 Å². The molecule has 14 heteroatoms. The summed E-state index contributed by atoms with van der Waals surface area (Å²) < 4.78 is 37.0. The molecular formula is C33H39F2N5O5S2. The molecule has 0 radical (unpaired) electrons. The zero-order valence-electron chi connectivity index (χ0n) is 26.4. The number of carbonyl (C=O) groups excluding carboxylic acids is 1. The lowest BCUT2D eigenvalue weighted by Gasteiger charge is -2.47. The molecule has 0 aliphatic carbocycles. The van der Waals surface area contributed by atoms with Crippen LogP contribution in [0.4, 0.5) is 8.78 Å². The van der Waals surface area contributed by atoms with Crippen molar-refractivity contribution in [2.45, 2.75) is 57.3 Å². The topological polar surface area (TPSA) is 131 Å². The van der Waals surface area contributed by atoms with Gasteiger partial charge in [-0.1, -0.05) is 37.3 Å². The third-order valence-electron chi connectivity index (χ3n) is 9.03. The number of phenolic OH excluding ortho intramolecular Hbond substituents is 1. The zero-order chi connectivity index (χ0) is 33.3. The number of nitrogens with zero attached hydrogens (tertiary/aromatic N) is 3. The highest BCUT2D eigenvalue weighted by atomic mass is 32.1. The lowest BCUT2D eigenvalue weighted by atomic mass is 9.89. The summed E-state index contributed by atoms with van der Waals surface area (Å²) in [4.78, 5) is 35.7. The first-order valence-corrected chi connectivity index (χ1v) is 17.5. The van der Waals surface area contributed by atoms with Crippen LogP contribution in [0, 0.1) is 11.6 Å². The van der Waals surface area contributed by atoms with Crippen molar-refractivity contribution in [3.8, 4) is 5.75 Å². The van der Waals surface area contributed by atoms with Gasteiger partial charge in [0.05, 0.1) is 34.6 Å². The molecule has 4 N–H and O–H groups in total. The quantitative estimate of drug-likeness (QED) is 0.179. The molecule has 1 atom stereocenters. The minimum atomic E-state index is -0.989. The first-order chi connectivity index (χ1) is 22.5. The Labute approximate surface area is 279 Å². The molecule has 47 heavy (non-hydrogen) atoms. The van der Waals surface area contributed by atoms with E-state index >= 15 is 4.39 Å². The van der Waals surface area contributed by atoms with Gasteiger partial charge >= 0.3 is 4.87 Å². The number of H-pyrrole nitrogens is 1. The fourth-order valence-electron chi connectivity index (χ4n) is 6.35. The normalized spacial score (nSPS) is 17.6. The largest absolute Gasteiger partial charge is 0.506 e. The van der Waals surface area contributed by atoms with Crippen LogP contribution >= 0.6 is 22.7 Å². The molecule has 252 valence electrons. The second-order valence-electron chi connectivity index (χ2n) is 12.6. The predicted octanol–water partition coefficient (Wildman–Crippen LogP) is 4.53. The lowest BCUT2D eigenvalue weighted by Crippen LogP contribution is -2.58. The number of halogens is 2. The number of aromatic nitrogens is 2. The number of hydrogen-bond donors (Lipinski definition) is 4. The van der Waals surface area contributed by atoms with Gasteiger partial charge in [-0.2, -0.15) is 0 Å². The number of aromatic amines is 1. The summed E-state index contributed by atoms with van der Waals surface area (Å²) in [6.45, 7) is 7.55. The molecule has 2 aliphatic heterocycles. The minimum Gasteiger partial charge on any atom is -0.506 e. The van der Waals surface area contributed by atoms with Gasteiger partial charge in [-0.25, -0.2) is 13.8 Å². The van der Waals surface area contributed by atoms with E-state index in [1.165, 1.54) is 29.5 Å². The number of ether oxygens (including phenoxy) is 1. The third kappa shape index (κ3) is 7.27. The second-order valence-corrected chi connectivity index (χ2v) is 14.5. The van der Waals surface area contributed by atoms with E-state index in [1.54, 1.807) is 6.07 Å². The molecule has 1 unspecified atom stereocenters. The Morgan fingerprint density at radius 2 is 1.98 bits per heavy atom. The van der Waals surface area contributed by atoms with Gasteiger partial charge in [0, 0.05) is 60.7 Å². The number of aliphatic hydroxyl groups excluding tert-OH is 1. The van der Waals surface area contributed by atoms with E-state index in [-0.39, 0.29) is 53.0 Å². The number of morpholine rings is 1. The number of benzene rings is 2. The van der Waals surface area contributed by atoms with E-state index < -0.39 is 23.3 Å². The second kappa shape index (κ2) is 14.1. The Morgan fingerprint density at radius 1 is 1.19 bits per heavy atom. The molecule has 2 aromatic carbocycles. The van der Waals surface area contributed by atoms with Crippen LogP contribution in [-0.2, 0) is 17.7 Å². The zero-order valence-corrected chi connectivity index (χ0v) is 28.0. The number of hydrogen-bond acceptors (Lipinski definition) is 10. The number of thiazole rings is 2. The fourth-order valence-corrected chi connectivity index (χ4v) is 8.08. The van der Waals surface area contributed by atoms with Crippen molar-refractivity contribution in [1.82, 2.24) is 25.1 Å². The number of fused-ring (bicyclic) bond motifs is 1. The van der Waals surface area contributed by atoms with Gasteiger partial charge in [0.25, 0.3) is 5.91 Å². The highest BCUT2D eigenvalue weighted by molar-refractivity contribution is 7.16. The van der Waals surface area contributed by atoms with E-state index in [0.717, 1.165) is 16.3 Å². The highest BCUT2D eigenvalue weighted by Gasteiger charge is 2.41. The minimum absolute atomic E-state index is 0.0127. The van der Waals surface area contributed by atoms with E-state index in [1.807, 2.05) is 10.3 Å². The number of aromatic hydroxyl groups is 1. The van der Waals surface area contributed by atoms with Gasteiger partial charge in [-0.15, -0.1) is 11.3 Å². The average molecular weight is 688 g/mol. The van der Waals surface area contributed by atoms with Crippen molar-refractivity contribution in [2.24, 2.45) is 0 Å². The van der Waals surface area contributed by atoms with Crippen LogP contribution in [0.2, 0.25) is 0 Å². The van der Waals surface area contributed by atoms with Crippen molar-refractivity contribution in [3.05, 3.63) is 78.3 Å². The monoisotopic (exact) mass is 687 g/mol. The molecule has 0 bridgehead atoms. The first-order valence-electron chi connectivity index (χ1n) is 15.8. The van der Waals surface area contributed by atoms with Gasteiger partial charge in [-0.05, 0) is 37.9 Å². The van der Waals surface area contributed by atoms with Crippen LogP contribution in [0.1, 0.15) is 70.9 Å². The van der Waals surface area contributed by atoms with Crippen molar-refractivity contribution < 1.29 is 28.5 Å². The number of carbonyl (C=O) groups is 1. The van der Waals surface area contributed by atoms with E-state index in [4.69, 9.17) is 4.74 Å². The predicted molar refractivity (Wildman–Crippen MR) is 177 cm³/mol. The molecule has 4 heterocycles. The first kappa shape index (κ1) is 33.6. The van der Waals surface area contributed by atoms with Crippen LogP contribution in [0.15, 0.2) is 34.4 Å². The Hall–Kier alpha value is -3.27. The van der Waals surface area contributed by atoms with Crippen molar-refractivity contribution in [2.75, 3.05) is 45.9 Å². The van der Waals surface area contributed by atoms with Gasteiger partial charge < -0.3 is 30.2 Å². The number of aliphatic hydroxyl groups is 1. The molecule has 0 saturated carbocycles. The molecule has 1 amide bonds. The maximum Gasteiger partial charge on any atom is 0.305 e. The van der Waals surface area contributed by atoms with E-state index in [0.29, 0.717) is 73.7 Å². The van der Waals surface area contributed by atoms with Crippen molar-refractivity contribution in [3.63, 3.8) is 0 Å². The van der Waals surface area contributed by atoms with Crippen LogP contribution in [0.5, 0.6) is 5.75 Å². The molecule has 1 spiro atoms.